The molecule has 0 amide bonds. The zero-order valence-corrected chi connectivity index (χ0v) is 12.3. The van der Waals surface area contributed by atoms with Crippen molar-refractivity contribution in [3.8, 4) is 0 Å². The molecule has 0 bridgehead atoms. The van der Waals surface area contributed by atoms with Crippen LogP contribution in [0, 0.1) is 6.92 Å². The number of piperidine rings is 1. The van der Waals surface area contributed by atoms with Crippen LogP contribution in [0.5, 0.6) is 0 Å². The van der Waals surface area contributed by atoms with Gasteiger partial charge in [0.25, 0.3) is 0 Å². The van der Waals surface area contributed by atoms with E-state index in [-0.39, 0.29) is 0 Å². The van der Waals surface area contributed by atoms with E-state index in [1.807, 2.05) is 13.1 Å². The third-order valence-electron chi connectivity index (χ3n) is 3.01. The van der Waals surface area contributed by atoms with E-state index in [1.165, 1.54) is 0 Å². The normalized spacial score (nSPS) is 16.8. The molecule has 1 aromatic rings. The standard InChI is InChI=1S/C13H20BrN3O/c1-10-8-12(14)13(17-9-10)16-6-7-18-11-2-4-15-5-3-11/h8-9,11,15H,2-7H2,1H3,(H,16,17). The first kappa shape index (κ1) is 13.8. The van der Waals surface area contributed by atoms with Crippen LogP contribution in [0.15, 0.2) is 16.7 Å². The Kier molecular flexibility index (Phi) is 5.41. The number of nitrogens with zero attached hydrogens (tertiary/aromatic N) is 1. The summed E-state index contributed by atoms with van der Waals surface area (Å²) in [5.41, 5.74) is 1.15. The summed E-state index contributed by atoms with van der Waals surface area (Å²) in [6.07, 6.45) is 4.52. The summed E-state index contributed by atoms with van der Waals surface area (Å²) in [4.78, 5) is 4.34. The molecule has 1 aliphatic heterocycles. The molecule has 2 N–H and O–H groups in total. The van der Waals surface area contributed by atoms with Crippen molar-refractivity contribution in [1.29, 1.82) is 0 Å². The zero-order valence-electron chi connectivity index (χ0n) is 10.7. The van der Waals surface area contributed by atoms with Crippen molar-refractivity contribution in [3.63, 3.8) is 0 Å². The highest BCUT2D eigenvalue weighted by atomic mass is 79.9. The minimum absolute atomic E-state index is 0.419. The van der Waals surface area contributed by atoms with E-state index in [1.54, 1.807) is 0 Å². The Morgan fingerprint density at radius 3 is 3.00 bits per heavy atom. The Balaban J connectivity index is 1.68. The van der Waals surface area contributed by atoms with Crippen molar-refractivity contribution < 1.29 is 4.74 Å². The summed E-state index contributed by atoms with van der Waals surface area (Å²) in [5.74, 6) is 0.884. The van der Waals surface area contributed by atoms with Crippen LogP contribution in [0.1, 0.15) is 18.4 Å². The van der Waals surface area contributed by atoms with Crippen LogP contribution in [0.3, 0.4) is 0 Å². The fraction of sp³-hybridized carbons (Fsp3) is 0.615. The van der Waals surface area contributed by atoms with Crippen LogP contribution < -0.4 is 10.6 Å². The van der Waals surface area contributed by atoms with Gasteiger partial charge in [-0.2, -0.15) is 0 Å². The molecule has 0 unspecified atom stereocenters. The lowest BCUT2D eigenvalue weighted by Gasteiger charge is -2.23. The van der Waals surface area contributed by atoms with Gasteiger partial charge < -0.3 is 15.4 Å². The van der Waals surface area contributed by atoms with Crippen LogP contribution >= 0.6 is 15.9 Å². The molecule has 0 atom stereocenters. The predicted octanol–water partition coefficient (Wildman–Crippen LogP) is 2.33. The van der Waals surface area contributed by atoms with Gasteiger partial charge in [0.15, 0.2) is 0 Å². The van der Waals surface area contributed by atoms with Crippen molar-refractivity contribution in [1.82, 2.24) is 10.3 Å². The highest BCUT2D eigenvalue weighted by molar-refractivity contribution is 9.10. The Hall–Kier alpha value is -0.650. The molecule has 4 nitrogen and oxygen atoms in total. The molecule has 0 saturated carbocycles. The molecule has 100 valence electrons. The molecule has 1 aromatic heterocycles. The molecule has 2 rings (SSSR count). The molecule has 0 aromatic carbocycles. The SMILES string of the molecule is Cc1cnc(NCCOC2CCNCC2)c(Br)c1. The topological polar surface area (TPSA) is 46.2 Å². The third-order valence-corrected chi connectivity index (χ3v) is 3.62. The number of pyridine rings is 1. The second-order valence-corrected chi connectivity index (χ2v) is 5.44. The number of anilines is 1. The summed E-state index contributed by atoms with van der Waals surface area (Å²) in [5, 5.41) is 6.61. The number of hydrogen-bond donors (Lipinski definition) is 2. The van der Waals surface area contributed by atoms with Crippen molar-refractivity contribution in [2.24, 2.45) is 0 Å². The van der Waals surface area contributed by atoms with Crippen molar-refractivity contribution in [2.45, 2.75) is 25.9 Å². The van der Waals surface area contributed by atoms with Crippen LogP contribution in [-0.2, 0) is 4.74 Å². The number of hydrogen-bond acceptors (Lipinski definition) is 4. The third kappa shape index (κ3) is 4.23. The summed E-state index contributed by atoms with van der Waals surface area (Å²) in [6, 6.07) is 2.06. The van der Waals surface area contributed by atoms with E-state index in [2.05, 4.69) is 37.6 Å². The van der Waals surface area contributed by atoms with Crippen molar-refractivity contribution in [2.75, 3.05) is 31.6 Å². The lowest BCUT2D eigenvalue weighted by Crippen LogP contribution is -2.33. The summed E-state index contributed by atoms with van der Waals surface area (Å²) >= 11 is 3.50. The molecular formula is C13H20BrN3O. The Bertz CT molecular complexity index is 380. The second-order valence-electron chi connectivity index (χ2n) is 4.59. The van der Waals surface area contributed by atoms with E-state index in [0.29, 0.717) is 6.10 Å². The maximum absolute atomic E-state index is 5.82. The Morgan fingerprint density at radius 1 is 1.50 bits per heavy atom. The molecule has 5 heteroatoms. The van der Waals surface area contributed by atoms with Crippen LogP contribution in [0.4, 0.5) is 5.82 Å². The van der Waals surface area contributed by atoms with Gasteiger partial charge in [0.05, 0.1) is 17.2 Å². The van der Waals surface area contributed by atoms with E-state index in [4.69, 9.17) is 4.74 Å². The van der Waals surface area contributed by atoms with Crippen molar-refractivity contribution in [3.05, 3.63) is 22.3 Å². The summed E-state index contributed by atoms with van der Waals surface area (Å²) < 4.78 is 6.83. The van der Waals surface area contributed by atoms with Gasteiger partial charge in [0, 0.05) is 12.7 Å². The molecule has 0 aliphatic carbocycles. The molecular weight excluding hydrogens is 294 g/mol. The number of aryl methyl sites for hydroxylation is 1. The number of rotatable bonds is 5. The van der Waals surface area contributed by atoms with E-state index < -0.39 is 0 Å². The van der Waals surface area contributed by atoms with E-state index in [9.17, 15) is 0 Å². The lowest BCUT2D eigenvalue weighted by atomic mass is 10.1. The Labute approximate surface area is 117 Å². The smallest absolute Gasteiger partial charge is 0.140 e. The number of nitrogens with one attached hydrogen (secondary N) is 2. The van der Waals surface area contributed by atoms with Crippen LogP contribution in [0.2, 0.25) is 0 Å². The number of halogens is 1. The summed E-state index contributed by atoms with van der Waals surface area (Å²) in [7, 11) is 0. The minimum atomic E-state index is 0.419. The average Bonchev–Trinajstić information content (AvgIpc) is 2.38. The quantitative estimate of drug-likeness (QED) is 0.819. The molecule has 1 saturated heterocycles. The van der Waals surface area contributed by atoms with Gasteiger partial charge >= 0.3 is 0 Å². The van der Waals surface area contributed by atoms with Crippen molar-refractivity contribution >= 4 is 21.7 Å². The van der Waals surface area contributed by atoms with Gasteiger partial charge in [-0.1, -0.05) is 0 Å². The summed E-state index contributed by atoms with van der Waals surface area (Å²) in [6.45, 7) is 5.69. The van der Waals surface area contributed by atoms with Gasteiger partial charge in [-0.25, -0.2) is 4.98 Å². The van der Waals surface area contributed by atoms with Crippen LogP contribution in [-0.4, -0.2) is 37.3 Å². The zero-order chi connectivity index (χ0) is 12.8. The van der Waals surface area contributed by atoms with Gasteiger partial charge in [-0.3, -0.25) is 0 Å². The van der Waals surface area contributed by atoms with Gasteiger partial charge in [-0.05, 0) is 60.4 Å². The molecule has 0 spiro atoms. The predicted molar refractivity (Wildman–Crippen MR) is 77.0 cm³/mol. The monoisotopic (exact) mass is 313 g/mol. The molecule has 2 heterocycles. The maximum Gasteiger partial charge on any atom is 0.140 e. The van der Waals surface area contributed by atoms with Gasteiger partial charge in [0.2, 0.25) is 0 Å². The number of ether oxygens (including phenoxy) is 1. The fourth-order valence-corrected chi connectivity index (χ4v) is 2.62. The fourth-order valence-electron chi connectivity index (χ4n) is 2.02. The van der Waals surface area contributed by atoms with Crippen LogP contribution in [0.25, 0.3) is 0 Å². The molecule has 1 aliphatic rings. The maximum atomic E-state index is 5.82. The van der Waals surface area contributed by atoms with Gasteiger partial charge in [0.1, 0.15) is 5.82 Å². The van der Waals surface area contributed by atoms with E-state index in [0.717, 1.165) is 54.9 Å². The van der Waals surface area contributed by atoms with Gasteiger partial charge in [-0.15, -0.1) is 0 Å². The largest absolute Gasteiger partial charge is 0.376 e. The molecule has 1 fully saturated rings. The first-order valence-corrected chi connectivity index (χ1v) is 7.23. The number of aromatic nitrogens is 1. The molecule has 0 radical (unpaired) electrons. The minimum Gasteiger partial charge on any atom is -0.376 e. The highest BCUT2D eigenvalue weighted by Crippen LogP contribution is 2.20. The first-order chi connectivity index (χ1) is 8.75. The lowest BCUT2D eigenvalue weighted by molar-refractivity contribution is 0.0394. The first-order valence-electron chi connectivity index (χ1n) is 6.44. The highest BCUT2D eigenvalue weighted by Gasteiger charge is 2.12. The molecule has 18 heavy (non-hydrogen) atoms. The van der Waals surface area contributed by atoms with E-state index >= 15 is 0 Å². The second kappa shape index (κ2) is 7.07. The average molecular weight is 314 g/mol. The Morgan fingerprint density at radius 2 is 2.28 bits per heavy atom.